The molecule has 0 spiro atoms. The number of Topliss-reactive ketones (excluding diaryl/α,β-unsaturated/α-hetero) is 1. The summed E-state index contributed by atoms with van der Waals surface area (Å²) < 4.78 is 5.04. The van der Waals surface area contributed by atoms with Crippen LogP contribution in [-0.4, -0.2) is 65.4 Å². The Morgan fingerprint density at radius 2 is 1.78 bits per heavy atom. The maximum atomic E-state index is 12.4. The van der Waals surface area contributed by atoms with E-state index >= 15 is 0 Å². The zero-order valence-electron chi connectivity index (χ0n) is 14.6. The quantitative estimate of drug-likeness (QED) is 0.729. The van der Waals surface area contributed by atoms with Crippen molar-refractivity contribution in [3.63, 3.8) is 0 Å². The minimum Gasteiger partial charge on any atom is -0.482 e. The summed E-state index contributed by atoms with van der Waals surface area (Å²) >= 11 is 0. The van der Waals surface area contributed by atoms with E-state index in [0.717, 1.165) is 5.69 Å². The third-order valence-electron chi connectivity index (χ3n) is 4.22. The van der Waals surface area contributed by atoms with Crippen molar-refractivity contribution in [2.75, 3.05) is 37.7 Å². The van der Waals surface area contributed by atoms with Crippen molar-refractivity contribution in [3.05, 3.63) is 54.4 Å². The first-order chi connectivity index (χ1) is 13.0. The molecule has 2 aromatic rings. The van der Waals surface area contributed by atoms with E-state index in [9.17, 15) is 14.4 Å². The van der Waals surface area contributed by atoms with Crippen LogP contribution in [0.4, 0.5) is 5.69 Å². The topological polar surface area (TPSA) is 100 Å². The monoisotopic (exact) mass is 369 g/mol. The highest BCUT2D eigenvalue weighted by Gasteiger charge is 2.26. The first-order valence-corrected chi connectivity index (χ1v) is 8.43. The van der Waals surface area contributed by atoms with Gasteiger partial charge >= 0.3 is 5.97 Å². The molecule has 8 heteroatoms. The molecule has 8 nitrogen and oxygen atoms in total. The lowest BCUT2D eigenvalue weighted by molar-refractivity contribution is -0.139. The highest BCUT2D eigenvalue weighted by Crippen LogP contribution is 2.17. The molecule has 1 aromatic carbocycles. The molecule has 1 aliphatic heterocycles. The van der Waals surface area contributed by atoms with E-state index in [4.69, 9.17) is 9.84 Å². The van der Waals surface area contributed by atoms with Gasteiger partial charge in [0.2, 0.25) is 5.91 Å². The van der Waals surface area contributed by atoms with Gasteiger partial charge in [0, 0.05) is 36.7 Å². The summed E-state index contributed by atoms with van der Waals surface area (Å²) in [6.07, 6.45) is 3.36. The van der Waals surface area contributed by atoms with E-state index in [1.165, 1.54) is 0 Å². The molecule has 1 saturated heterocycles. The number of nitrogens with zero attached hydrogens (tertiary/aromatic N) is 3. The van der Waals surface area contributed by atoms with Crippen molar-refractivity contribution in [2.24, 2.45) is 0 Å². The smallest absolute Gasteiger partial charge is 0.341 e. The van der Waals surface area contributed by atoms with Gasteiger partial charge in [0.05, 0.1) is 13.1 Å². The third kappa shape index (κ3) is 4.81. The number of hydrogen-bond acceptors (Lipinski definition) is 6. The molecule has 0 unspecified atom stereocenters. The Labute approximate surface area is 156 Å². The second-order valence-corrected chi connectivity index (χ2v) is 6.07. The zero-order valence-corrected chi connectivity index (χ0v) is 14.6. The fraction of sp³-hybridized carbons (Fsp3) is 0.263. The van der Waals surface area contributed by atoms with Crippen LogP contribution in [0.3, 0.4) is 0 Å². The molecule has 0 atom stereocenters. The predicted molar refractivity (Wildman–Crippen MR) is 96.9 cm³/mol. The summed E-state index contributed by atoms with van der Waals surface area (Å²) in [7, 11) is 0. The van der Waals surface area contributed by atoms with E-state index in [2.05, 4.69) is 4.98 Å². The molecule has 1 aliphatic rings. The zero-order chi connectivity index (χ0) is 19.2. The summed E-state index contributed by atoms with van der Waals surface area (Å²) in [5.41, 5.74) is 1.38. The average molecular weight is 369 g/mol. The Kier molecular flexibility index (Phi) is 5.65. The van der Waals surface area contributed by atoms with Gasteiger partial charge in [-0.1, -0.05) is 0 Å². The van der Waals surface area contributed by atoms with E-state index < -0.39 is 12.6 Å². The van der Waals surface area contributed by atoms with E-state index in [-0.39, 0.29) is 24.8 Å². The fourth-order valence-corrected chi connectivity index (χ4v) is 2.80. The van der Waals surface area contributed by atoms with Gasteiger partial charge in [-0.05, 0) is 36.4 Å². The highest BCUT2D eigenvalue weighted by atomic mass is 16.5. The molecule has 3 rings (SSSR count). The van der Waals surface area contributed by atoms with Gasteiger partial charge in [-0.3, -0.25) is 14.6 Å². The lowest BCUT2D eigenvalue weighted by atomic mass is 10.1. The van der Waals surface area contributed by atoms with Gasteiger partial charge in [-0.15, -0.1) is 0 Å². The number of benzene rings is 1. The summed E-state index contributed by atoms with van der Waals surface area (Å²) in [5.74, 6) is -0.978. The summed E-state index contributed by atoms with van der Waals surface area (Å²) in [4.78, 5) is 42.8. The van der Waals surface area contributed by atoms with Gasteiger partial charge in [0.1, 0.15) is 5.75 Å². The maximum absolute atomic E-state index is 12.4. The SMILES string of the molecule is O=C(O)COc1ccc(C(=O)CN2CCN(c3ccncc3)CC2=O)cc1. The maximum Gasteiger partial charge on any atom is 0.341 e. The second kappa shape index (κ2) is 8.31. The highest BCUT2D eigenvalue weighted by molar-refractivity contribution is 6.00. The van der Waals surface area contributed by atoms with Gasteiger partial charge in [0.25, 0.3) is 0 Å². The number of piperazine rings is 1. The van der Waals surface area contributed by atoms with Crippen LogP contribution in [0.15, 0.2) is 48.8 Å². The standard InChI is InChI=1S/C19H19N3O5/c23-17(14-1-3-16(4-2-14)27-13-19(25)26)11-22-10-9-21(12-18(22)24)15-5-7-20-8-6-15/h1-8H,9-13H2,(H,25,26). The molecule has 0 radical (unpaired) electrons. The van der Waals surface area contributed by atoms with Crippen molar-refractivity contribution in [1.29, 1.82) is 0 Å². The van der Waals surface area contributed by atoms with Gasteiger partial charge in [-0.25, -0.2) is 4.79 Å². The Hall–Kier alpha value is -3.42. The fourth-order valence-electron chi connectivity index (χ4n) is 2.80. The Bertz CT molecular complexity index is 823. The number of ether oxygens (including phenoxy) is 1. The number of rotatable bonds is 7. The molecule has 1 amide bonds. The first kappa shape index (κ1) is 18.4. The van der Waals surface area contributed by atoms with Crippen LogP contribution in [0.1, 0.15) is 10.4 Å². The van der Waals surface area contributed by atoms with Crippen LogP contribution in [0, 0.1) is 0 Å². The molecule has 1 fully saturated rings. The van der Waals surface area contributed by atoms with Crippen molar-refractivity contribution < 1.29 is 24.2 Å². The van der Waals surface area contributed by atoms with Crippen LogP contribution in [0.5, 0.6) is 5.75 Å². The molecule has 27 heavy (non-hydrogen) atoms. The molecule has 0 aliphatic carbocycles. The molecular formula is C19H19N3O5. The van der Waals surface area contributed by atoms with E-state index in [0.29, 0.717) is 24.4 Å². The van der Waals surface area contributed by atoms with Crippen LogP contribution in [0.25, 0.3) is 0 Å². The Morgan fingerprint density at radius 3 is 2.41 bits per heavy atom. The van der Waals surface area contributed by atoms with Gasteiger partial charge < -0.3 is 19.6 Å². The lowest BCUT2D eigenvalue weighted by Gasteiger charge is -2.35. The number of hydrogen-bond donors (Lipinski definition) is 1. The van der Waals surface area contributed by atoms with Crippen LogP contribution >= 0.6 is 0 Å². The predicted octanol–water partition coefficient (Wildman–Crippen LogP) is 1.08. The van der Waals surface area contributed by atoms with Crippen molar-refractivity contribution in [1.82, 2.24) is 9.88 Å². The Morgan fingerprint density at radius 1 is 1.07 bits per heavy atom. The molecule has 0 bridgehead atoms. The molecule has 1 aromatic heterocycles. The summed E-state index contributed by atoms with van der Waals surface area (Å²) in [5, 5.41) is 8.59. The van der Waals surface area contributed by atoms with Crippen molar-refractivity contribution in [2.45, 2.75) is 0 Å². The largest absolute Gasteiger partial charge is 0.482 e. The number of carbonyl (C=O) groups excluding carboxylic acids is 2. The lowest BCUT2D eigenvalue weighted by Crippen LogP contribution is -2.51. The Balaban J connectivity index is 1.55. The van der Waals surface area contributed by atoms with Crippen LogP contribution in [0.2, 0.25) is 0 Å². The number of aromatic nitrogens is 1. The minimum absolute atomic E-state index is 0.0123. The molecule has 0 saturated carbocycles. The van der Waals surface area contributed by atoms with Crippen molar-refractivity contribution >= 4 is 23.3 Å². The molecule has 2 heterocycles. The summed E-state index contributed by atoms with van der Waals surface area (Å²) in [6.45, 7) is 0.902. The molecule has 140 valence electrons. The number of anilines is 1. The minimum atomic E-state index is -1.07. The third-order valence-corrected chi connectivity index (χ3v) is 4.22. The van der Waals surface area contributed by atoms with Crippen LogP contribution in [-0.2, 0) is 9.59 Å². The average Bonchev–Trinajstić information content (AvgIpc) is 2.69. The number of ketones is 1. The number of amides is 1. The van der Waals surface area contributed by atoms with Gasteiger partial charge in [-0.2, -0.15) is 0 Å². The number of carbonyl (C=O) groups is 3. The number of aliphatic carboxylic acids is 1. The number of pyridine rings is 1. The first-order valence-electron chi connectivity index (χ1n) is 8.43. The molecule has 1 N–H and O–H groups in total. The number of carboxylic acids is 1. The summed E-state index contributed by atoms with van der Waals surface area (Å²) in [6, 6.07) is 9.91. The molecular weight excluding hydrogens is 350 g/mol. The van der Waals surface area contributed by atoms with E-state index in [1.807, 2.05) is 17.0 Å². The normalized spacial score (nSPS) is 14.1. The van der Waals surface area contributed by atoms with Crippen LogP contribution < -0.4 is 9.64 Å². The second-order valence-electron chi connectivity index (χ2n) is 6.07. The van der Waals surface area contributed by atoms with Gasteiger partial charge in [0.15, 0.2) is 12.4 Å². The van der Waals surface area contributed by atoms with E-state index in [1.54, 1.807) is 41.6 Å². The number of carboxylic acid groups (broad SMARTS) is 1. The van der Waals surface area contributed by atoms with Crippen molar-refractivity contribution in [3.8, 4) is 5.75 Å².